The predicted octanol–water partition coefficient (Wildman–Crippen LogP) is 1.62. The van der Waals surface area contributed by atoms with Crippen molar-refractivity contribution in [1.29, 1.82) is 0 Å². The molecule has 0 aromatic heterocycles. The van der Waals surface area contributed by atoms with Gasteiger partial charge in [0, 0.05) is 45.4 Å². The Kier molecular flexibility index (Phi) is 5.54. The molecule has 1 amide bonds. The predicted molar refractivity (Wildman–Crippen MR) is 94.5 cm³/mol. The first-order chi connectivity index (χ1) is 11.6. The lowest BCUT2D eigenvalue weighted by atomic mass is 9.89. The van der Waals surface area contributed by atoms with Gasteiger partial charge in [-0.15, -0.1) is 0 Å². The Bertz CT molecular complexity index is 543. The molecule has 0 radical (unpaired) electrons. The van der Waals surface area contributed by atoms with Crippen molar-refractivity contribution >= 4 is 5.91 Å². The molecule has 1 aromatic carbocycles. The molecule has 1 unspecified atom stereocenters. The van der Waals surface area contributed by atoms with Crippen molar-refractivity contribution in [2.45, 2.75) is 44.3 Å². The smallest absolute Gasteiger partial charge is 0.242 e. The van der Waals surface area contributed by atoms with Crippen LogP contribution in [0.25, 0.3) is 0 Å². The fraction of sp³-hybridized carbons (Fsp3) is 0.632. The molecule has 0 aliphatic carbocycles. The molecule has 5 heteroatoms. The summed E-state index contributed by atoms with van der Waals surface area (Å²) in [6.07, 6.45) is 2.25. The molecule has 1 atom stereocenters. The second-order valence-corrected chi connectivity index (χ2v) is 7.15. The van der Waals surface area contributed by atoms with Gasteiger partial charge in [0.2, 0.25) is 5.91 Å². The summed E-state index contributed by atoms with van der Waals surface area (Å²) in [6.45, 7) is 6.82. The maximum atomic E-state index is 12.9. The van der Waals surface area contributed by atoms with E-state index in [1.54, 1.807) is 0 Å². The number of benzene rings is 1. The lowest BCUT2D eigenvalue weighted by molar-refractivity contribution is -0.140. The number of nitrogens with zero attached hydrogens (tertiary/aromatic N) is 2. The van der Waals surface area contributed by atoms with Crippen LogP contribution in [-0.4, -0.2) is 60.1 Å². The van der Waals surface area contributed by atoms with E-state index in [1.807, 2.05) is 11.0 Å². The quantitative estimate of drug-likeness (QED) is 0.914. The van der Waals surface area contributed by atoms with Gasteiger partial charge in [-0.05, 0) is 31.7 Å². The zero-order valence-corrected chi connectivity index (χ0v) is 14.6. The summed E-state index contributed by atoms with van der Waals surface area (Å²) in [7, 11) is 0. The Morgan fingerprint density at radius 1 is 1.21 bits per heavy atom. The minimum atomic E-state index is -0.726. The summed E-state index contributed by atoms with van der Waals surface area (Å²) in [5, 5.41) is 0. The van der Waals surface area contributed by atoms with E-state index in [0.29, 0.717) is 32.1 Å². The number of hydrogen-bond donors (Lipinski definition) is 1. The molecule has 24 heavy (non-hydrogen) atoms. The largest absolute Gasteiger partial charge is 0.381 e. The Morgan fingerprint density at radius 3 is 2.62 bits per heavy atom. The fourth-order valence-electron chi connectivity index (χ4n) is 3.63. The van der Waals surface area contributed by atoms with Crippen LogP contribution in [0.2, 0.25) is 0 Å². The highest BCUT2D eigenvalue weighted by molar-refractivity contribution is 5.86. The molecule has 1 aromatic rings. The van der Waals surface area contributed by atoms with Gasteiger partial charge in [0.05, 0.1) is 5.54 Å². The topological polar surface area (TPSA) is 58.8 Å². The van der Waals surface area contributed by atoms with Crippen molar-refractivity contribution in [1.82, 2.24) is 9.80 Å². The molecular formula is C19H29N3O2. The minimum Gasteiger partial charge on any atom is -0.381 e. The standard InChI is InChI=1S/C19H29N3O2/c1-16-7-10-21(18(23)19(20)8-13-24-14-9-19)11-12-22(16)15-17-5-3-2-4-6-17/h2-6,16H,7-15,20H2,1H3. The van der Waals surface area contributed by atoms with E-state index in [1.165, 1.54) is 5.56 Å². The summed E-state index contributed by atoms with van der Waals surface area (Å²) >= 11 is 0. The highest BCUT2D eigenvalue weighted by atomic mass is 16.5. The number of rotatable bonds is 3. The molecule has 2 fully saturated rings. The van der Waals surface area contributed by atoms with Crippen LogP contribution in [0, 0.1) is 0 Å². The van der Waals surface area contributed by atoms with E-state index in [0.717, 1.165) is 32.6 Å². The fourth-order valence-corrected chi connectivity index (χ4v) is 3.63. The van der Waals surface area contributed by atoms with Crippen LogP contribution in [0.15, 0.2) is 30.3 Å². The van der Waals surface area contributed by atoms with Crippen LogP contribution in [0.5, 0.6) is 0 Å². The molecular weight excluding hydrogens is 302 g/mol. The van der Waals surface area contributed by atoms with Crippen molar-refractivity contribution in [2.24, 2.45) is 5.73 Å². The van der Waals surface area contributed by atoms with E-state index in [-0.39, 0.29) is 5.91 Å². The zero-order valence-electron chi connectivity index (χ0n) is 14.6. The molecule has 2 saturated heterocycles. The van der Waals surface area contributed by atoms with Gasteiger partial charge in [0.1, 0.15) is 0 Å². The van der Waals surface area contributed by atoms with Gasteiger partial charge in [-0.25, -0.2) is 0 Å². The molecule has 2 aliphatic heterocycles. The highest BCUT2D eigenvalue weighted by Crippen LogP contribution is 2.23. The van der Waals surface area contributed by atoms with Gasteiger partial charge in [0.15, 0.2) is 0 Å². The second kappa shape index (κ2) is 7.64. The molecule has 2 aliphatic rings. The number of nitrogens with two attached hydrogens (primary N) is 1. The van der Waals surface area contributed by atoms with Gasteiger partial charge in [0.25, 0.3) is 0 Å². The maximum absolute atomic E-state index is 12.9. The third-order valence-electron chi connectivity index (χ3n) is 5.42. The molecule has 0 bridgehead atoms. The van der Waals surface area contributed by atoms with Crippen LogP contribution in [-0.2, 0) is 16.1 Å². The Labute approximate surface area is 144 Å². The van der Waals surface area contributed by atoms with Crippen LogP contribution in [0.3, 0.4) is 0 Å². The van der Waals surface area contributed by atoms with Crippen molar-refractivity contribution < 1.29 is 9.53 Å². The van der Waals surface area contributed by atoms with Crippen LogP contribution < -0.4 is 5.73 Å². The summed E-state index contributed by atoms with van der Waals surface area (Å²) in [5.74, 6) is 0.111. The van der Waals surface area contributed by atoms with Gasteiger partial charge < -0.3 is 15.4 Å². The number of carbonyl (C=O) groups excluding carboxylic acids is 1. The number of amides is 1. The summed E-state index contributed by atoms with van der Waals surface area (Å²) in [5.41, 5.74) is 6.99. The van der Waals surface area contributed by atoms with Crippen LogP contribution >= 0.6 is 0 Å². The lowest BCUT2D eigenvalue weighted by Gasteiger charge is -2.36. The highest BCUT2D eigenvalue weighted by Gasteiger charge is 2.39. The third-order valence-corrected chi connectivity index (χ3v) is 5.42. The van der Waals surface area contributed by atoms with Crippen LogP contribution in [0.1, 0.15) is 31.7 Å². The Morgan fingerprint density at radius 2 is 1.92 bits per heavy atom. The van der Waals surface area contributed by atoms with Crippen molar-refractivity contribution in [3.8, 4) is 0 Å². The lowest BCUT2D eigenvalue weighted by Crippen LogP contribution is -2.58. The first-order valence-electron chi connectivity index (χ1n) is 9.02. The van der Waals surface area contributed by atoms with Crippen molar-refractivity contribution in [3.05, 3.63) is 35.9 Å². The van der Waals surface area contributed by atoms with Crippen molar-refractivity contribution in [2.75, 3.05) is 32.8 Å². The van der Waals surface area contributed by atoms with Gasteiger partial charge >= 0.3 is 0 Å². The average Bonchev–Trinajstić information content (AvgIpc) is 2.78. The molecule has 0 spiro atoms. The normalized spacial score (nSPS) is 25.2. The molecule has 132 valence electrons. The van der Waals surface area contributed by atoms with Crippen LogP contribution in [0.4, 0.5) is 0 Å². The monoisotopic (exact) mass is 331 g/mol. The molecule has 5 nitrogen and oxygen atoms in total. The molecule has 0 saturated carbocycles. The molecule has 2 heterocycles. The first kappa shape index (κ1) is 17.4. The Balaban J connectivity index is 1.62. The average molecular weight is 331 g/mol. The second-order valence-electron chi connectivity index (χ2n) is 7.15. The van der Waals surface area contributed by atoms with Gasteiger partial charge in [-0.2, -0.15) is 0 Å². The van der Waals surface area contributed by atoms with E-state index < -0.39 is 5.54 Å². The van der Waals surface area contributed by atoms with E-state index in [2.05, 4.69) is 36.1 Å². The first-order valence-corrected chi connectivity index (χ1v) is 9.02. The summed E-state index contributed by atoms with van der Waals surface area (Å²) in [6, 6.07) is 11.0. The Hall–Kier alpha value is -1.43. The SMILES string of the molecule is CC1CCN(C(=O)C2(N)CCOCC2)CCN1Cc1ccccc1. The minimum absolute atomic E-state index is 0.111. The molecule has 2 N–H and O–H groups in total. The van der Waals surface area contributed by atoms with Crippen molar-refractivity contribution in [3.63, 3.8) is 0 Å². The number of ether oxygens (including phenoxy) is 1. The number of hydrogen-bond acceptors (Lipinski definition) is 4. The van der Waals surface area contributed by atoms with Gasteiger partial charge in [-0.1, -0.05) is 30.3 Å². The van der Waals surface area contributed by atoms with Gasteiger partial charge in [-0.3, -0.25) is 9.69 Å². The number of carbonyl (C=O) groups is 1. The maximum Gasteiger partial charge on any atom is 0.242 e. The summed E-state index contributed by atoms with van der Waals surface area (Å²) in [4.78, 5) is 17.4. The van der Waals surface area contributed by atoms with E-state index in [4.69, 9.17) is 10.5 Å². The summed E-state index contributed by atoms with van der Waals surface area (Å²) < 4.78 is 5.37. The molecule has 3 rings (SSSR count). The zero-order chi connectivity index (χ0) is 17.0. The third kappa shape index (κ3) is 3.97. The van der Waals surface area contributed by atoms with E-state index in [9.17, 15) is 4.79 Å². The van der Waals surface area contributed by atoms with E-state index >= 15 is 0 Å².